The smallest absolute Gasteiger partial charge is 0.170 e. The monoisotopic (exact) mass is 375 g/mol. The molecular formula is C20H26ClN3S. The molecule has 0 aliphatic carbocycles. The lowest BCUT2D eigenvalue weighted by Crippen LogP contribution is -2.43. The van der Waals surface area contributed by atoms with Gasteiger partial charge in [0.1, 0.15) is 0 Å². The minimum atomic E-state index is 0.344. The number of halogens is 1. The van der Waals surface area contributed by atoms with Crippen LogP contribution in [-0.4, -0.2) is 36.7 Å². The maximum absolute atomic E-state index is 6.34. The third kappa shape index (κ3) is 5.99. The lowest BCUT2D eigenvalue weighted by Gasteiger charge is -2.26. The molecule has 0 fully saturated rings. The molecule has 0 aliphatic rings. The number of rotatable bonds is 6. The Labute approximate surface area is 161 Å². The van der Waals surface area contributed by atoms with E-state index in [1.807, 2.05) is 26.0 Å². The third-order valence-electron chi connectivity index (χ3n) is 4.21. The molecule has 0 spiro atoms. The predicted octanol–water partition coefficient (Wildman–Crippen LogP) is 4.42. The van der Waals surface area contributed by atoms with Gasteiger partial charge >= 0.3 is 0 Å². The molecule has 0 radical (unpaired) electrons. The van der Waals surface area contributed by atoms with Crippen molar-refractivity contribution in [3.05, 3.63) is 64.2 Å². The van der Waals surface area contributed by atoms with E-state index in [0.717, 1.165) is 29.8 Å². The summed E-state index contributed by atoms with van der Waals surface area (Å²) in [6, 6.07) is 14.9. The molecule has 1 atom stereocenters. The molecule has 134 valence electrons. The van der Waals surface area contributed by atoms with Crippen molar-refractivity contribution in [1.29, 1.82) is 0 Å². The van der Waals surface area contributed by atoms with E-state index in [-0.39, 0.29) is 0 Å². The van der Waals surface area contributed by atoms with Crippen molar-refractivity contribution in [3.63, 3.8) is 0 Å². The summed E-state index contributed by atoms with van der Waals surface area (Å²) in [7, 11) is 4.18. The Morgan fingerprint density at radius 2 is 1.84 bits per heavy atom. The first-order chi connectivity index (χ1) is 11.9. The summed E-state index contributed by atoms with van der Waals surface area (Å²) in [6.45, 7) is 4.82. The summed E-state index contributed by atoms with van der Waals surface area (Å²) in [5.74, 6) is 0. The first-order valence-corrected chi connectivity index (χ1v) is 9.17. The molecule has 0 aromatic heterocycles. The van der Waals surface area contributed by atoms with Crippen LogP contribution in [0.3, 0.4) is 0 Å². The zero-order chi connectivity index (χ0) is 18.4. The van der Waals surface area contributed by atoms with Crippen molar-refractivity contribution in [1.82, 2.24) is 10.2 Å². The molecule has 2 aromatic carbocycles. The average Bonchev–Trinajstić information content (AvgIpc) is 2.55. The fourth-order valence-corrected chi connectivity index (χ4v) is 3.32. The van der Waals surface area contributed by atoms with Gasteiger partial charge in [-0.05, 0) is 69.3 Å². The van der Waals surface area contributed by atoms with Gasteiger partial charge in [0, 0.05) is 12.6 Å². The molecule has 5 heteroatoms. The molecule has 2 aromatic rings. The second-order valence-corrected chi connectivity index (χ2v) is 7.40. The van der Waals surface area contributed by atoms with Gasteiger partial charge in [-0.15, -0.1) is 0 Å². The number of likely N-dealkylation sites (N-methyl/N-ethyl adjacent to an activating group) is 1. The maximum atomic E-state index is 6.34. The summed E-state index contributed by atoms with van der Waals surface area (Å²) in [5, 5.41) is 7.84. The van der Waals surface area contributed by atoms with E-state index in [0.29, 0.717) is 16.2 Å². The molecule has 0 unspecified atom stereocenters. The summed E-state index contributed by atoms with van der Waals surface area (Å²) >= 11 is 11.8. The van der Waals surface area contributed by atoms with E-state index >= 15 is 0 Å². The van der Waals surface area contributed by atoms with E-state index in [1.165, 1.54) is 5.56 Å². The van der Waals surface area contributed by atoms with Crippen LogP contribution in [0.2, 0.25) is 5.02 Å². The summed E-state index contributed by atoms with van der Waals surface area (Å²) in [5.41, 5.74) is 4.42. The minimum Gasteiger partial charge on any atom is -0.361 e. The van der Waals surface area contributed by atoms with Crippen molar-refractivity contribution < 1.29 is 0 Å². The lowest BCUT2D eigenvalue weighted by atomic mass is 10.1. The highest BCUT2D eigenvalue weighted by Crippen LogP contribution is 2.27. The van der Waals surface area contributed by atoms with Gasteiger partial charge < -0.3 is 15.5 Å². The molecule has 2 N–H and O–H groups in total. The second kappa shape index (κ2) is 9.18. The number of benzene rings is 2. The average molecular weight is 376 g/mol. The maximum Gasteiger partial charge on any atom is 0.170 e. The number of nitrogens with zero attached hydrogens (tertiary/aromatic N) is 1. The Bertz CT molecular complexity index is 693. The zero-order valence-electron chi connectivity index (χ0n) is 15.3. The van der Waals surface area contributed by atoms with Crippen molar-refractivity contribution in [3.8, 4) is 0 Å². The largest absolute Gasteiger partial charge is 0.361 e. The second-order valence-electron chi connectivity index (χ2n) is 6.58. The van der Waals surface area contributed by atoms with Crippen molar-refractivity contribution in [2.45, 2.75) is 26.3 Å². The van der Waals surface area contributed by atoms with Crippen LogP contribution in [0.25, 0.3) is 0 Å². The van der Waals surface area contributed by atoms with Gasteiger partial charge in [0.15, 0.2) is 5.11 Å². The van der Waals surface area contributed by atoms with Gasteiger partial charge in [-0.2, -0.15) is 0 Å². The first-order valence-electron chi connectivity index (χ1n) is 8.38. The minimum absolute atomic E-state index is 0.344. The molecular weight excluding hydrogens is 350 g/mol. The molecule has 25 heavy (non-hydrogen) atoms. The fourth-order valence-electron chi connectivity index (χ4n) is 2.77. The molecule has 0 saturated heterocycles. The number of hydrogen-bond donors (Lipinski definition) is 2. The normalized spacial score (nSPS) is 12.1. The Kier molecular flexibility index (Phi) is 7.24. The number of aryl methyl sites for hydroxylation is 2. The van der Waals surface area contributed by atoms with Crippen molar-refractivity contribution in [2.24, 2.45) is 0 Å². The fraction of sp³-hybridized carbons (Fsp3) is 0.350. The van der Waals surface area contributed by atoms with Gasteiger partial charge in [0.2, 0.25) is 0 Å². The lowest BCUT2D eigenvalue weighted by molar-refractivity contribution is 0.291. The highest BCUT2D eigenvalue weighted by molar-refractivity contribution is 7.80. The van der Waals surface area contributed by atoms with Gasteiger partial charge in [0.25, 0.3) is 0 Å². The van der Waals surface area contributed by atoms with Gasteiger partial charge in [-0.1, -0.05) is 48.0 Å². The molecule has 0 amide bonds. The summed E-state index contributed by atoms with van der Waals surface area (Å²) < 4.78 is 0. The van der Waals surface area contributed by atoms with Crippen LogP contribution in [0.15, 0.2) is 42.5 Å². The highest BCUT2D eigenvalue weighted by atomic mass is 35.5. The van der Waals surface area contributed by atoms with E-state index in [9.17, 15) is 0 Å². The first kappa shape index (κ1) is 19.7. The van der Waals surface area contributed by atoms with Gasteiger partial charge in [-0.3, -0.25) is 0 Å². The molecule has 0 aliphatic heterocycles. The summed E-state index contributed by atoms with van der Waals surface area (Å²) in [4.78, 5) is 2.21. The van der Waals surface area contributed by atoms with Gasteiger partial charge in [0.05, 0.1) is 10.7 Å². The van der Waals surface area contributed by atoms with Crippen LogP contribution in [0, 0.1) is 13.8 Å². The van der Waals surface area contributed by atoms with Crippen LogP contribution >= 0.6 is 23.8 Å². The zero-order valence-corrected chi connectivity index (χ0v) is 16.8. The van der Waals surface area contributed by atoms with Crippen LogP contribution in [0.1, 0.15) is 16.7 Å². The Morgan fingerprint density at radius 3 is 2.44 bits per heavy atom. The van der Waals surface area contributed by atoms with E-state index in [2.05, 4.69) is 60.0 Å². The van der Waals surface area contributed by atoms with Gasteiger partial charge in [-0.25, -0.2) is 0 Å². The van der Waals surface area contributed by atoms with Crippen molar-refractivity contribution >= 4 is 34.6 Å². The standard InChI is InChI=1S/C20H26ClN3S/c1-14-10-15(2)19(18(21)11-14)23-20(25)22-13-17(24(3)4)12-16-8-6-5-7-9-16/h5-11,17H,12-13H2,1-4H3,(H2,22,23,25)/t17-/m0/s1. The molecule has 2 rings (SSSR count). The van der Waals surface area contributed by atoms with Crippen LogP contribution < -0.4 is 10.6 Å². The Hall–Kier alpha value is -1.62. The third-order valence-corrected chi connectivity index (χ3v) is 4.76. The number of anilines is 1. The van der Waals surface area contributed by atoms with E-state index < -0.39 is 0 Å². The molecule has 3 nitrogen and oxygen atoms in total. The van der Waals surface area contributed by atoms with E-state index in [4.69, 9.17) is 23.8 Å². The van der Waals surface area contributed by atoms with E-state index in [1.54, 1.807) is 0 Å². The van der Waals surface area contributed by atoms with Crippen LogP contribution in [-0.2, 0) is 6.42 Å². The number of thiocarbonyl (C=S) groups is 1. The Morgan fingerprint density at radius 1 is 1.16 bits per heavy atom. The highest BCUT2D eigenvalue weighted by Gasteiger charge is 2.13. The molecule has 0 saturated carbocycles. The summed E-state index contributed by atoms with van der Waals surface area (Å²) in [6.07, 6.45) is 0.966. The SMILES string of the molecule is Cc1cc(C)c(NC(=S)NC[C@H](Cc2ccccc2)N(C)C)c(Cl)c1. The molecule has 0 bridgehead atoms. The van der Waals surface area contributed by atoms with Crippen LogP contribution in [0.5, 0.6) is 0 Å². The number of nitrogens with one attached hydrogen (secondary N) is 2. The number of hydrogen-bond acceptors (Lipinski definition) is 2. The Balaban J connectivity index is 1.95. The quantitative estimate of drug-likeness (QED) is 0.731. The topological polar surface area (TPSA) is 27.3 Å². The van der Waals surface area contributed by atoms with Crippen LogP contribution in [0.4, 0.5) is 5.69 Å². The predicted molar refractivity (Wildman–Crippen MR) is 113 cm³/mol. The van der Waals surface area contributed by atoms with Crippen molar-refractivity contribution in [2.75, 3.05) is 26.0 Å². The molecule has 0 heterocycles.